The van der Waals surface area contributed by atoms with Crippen molar-refractivity contribution in [3.05, 3.63) is 72.3 Å². The average Bonchev–Trinajstić information content (AvgIpc) is 2.85. The molecular formula is C19H23N3O. The summed E-state index contributed by atoms with van der Waals surface area (Å²) in [5, 5.41) is 2.86. The molecule has 1 N–H and O–H groups in total. The first-order valence-electron chi connectivity index (χ1n) is 7.43. The third kappa shape index (κ3) is 3.86. The first-order chi connectivity index (χ1) is 11.1. The lowest BCUT2D eigenvalue weighted by Crippen LogP contribution is -2.15. The minimum atomic E-state index is -0.146. The average molecular weight is 309 g/mol. The summed E-state index contributed by atoms with van der Waals surface area (Å²) in [5.41, 5.74) is 3.56. The minimum absolute atomic E-state index is 0. The summed E-state index contributed by atoms with van der Waals surface area (Å²) in [6.45, 7) is 7.21. The van der Waals surface area contributed by atoms with Gasteiger partial charge in [0, 0.05) is 14.0 Å². The summed E-state index contributed by atoms with van der Waals surface area (Å²) in [7, 11) is 1.89. The molecule has 0 atom stereocenters. The van der Waals surface area contributed by atoms with Crippen molar-refractivity contribution in [2.75, 3.05) is 5.32 Å². The number of aromatic nitrogens is 2. The molecule has 0 saturated heterocycles. The van der Waals surface area contributed by atoms with E-state index in [-0.39, 0.29) is 7.33 Å². The van der Waals surface area contributed by atoms with Crippen LogP contribution in [0, 0.1) is 6.92 Å². The van der Waals surface area contributed by atoms with Crippen LogP contribution >= 0.6 is 0 Å². The van der Waals surface area contributed by atoms with Gasteiger partial charge in [0.15, 0.2) is 0 Å². The van der Waals surface area contributed by atoms with Crippen molar-refractivity contribution in [2.24, 2.45) is 7.05 Å². The van der Waals surface area contributed by atoms with E-state index in [1.807, 2.05) is 67.9 Å². The first kappa shape index (κ1) is 16.5. The Hall–Kier alpha value is -2.88. The van der Waals surface area contributed by atoms with Crippen LogP contribution in [0.5, 0.6) is 0 Å². The number of para-hydroxylation sites is 2. The number of amides is 1. The quantitative estimate of drug-likeness (QED) is 0.705. The van der Waals surface area contributed by atoms with E-state index in [9.17, 15) is 4.79 Å². The van der Waals surface area contributed by atoms with Crippen LogP contribution in [0.1, 0.15) is 24.3 Å². The van der Waals surface area contributed by atoms with Gasteiger partial charge < -0.3 is 4.57 Å². The number of imidazole rings is 1. The molecular weight excluding hydrogens is 286 g/mol. The molecule has 0 aliphatic heterocycles. The fourth-order valence-electron chi connectivity index (χ4n) is 2.22. The highest BCUT2D eigenvalue weighted by atomic mass is 16.1. The summed E-state index contributed by atoms with van der Waals surface area (Å²) in [6.07, 6.45) is 1.75. The van der Waals surface area contributed by atoms with Crippen molar-refractivity contribution in [1.29, 1.82) is 0 Å². The standard InChI is InChI=1S/C16H15N3O.C3H6.H2/c1-11-6-5-7-12(10-11)15(20)18-16-17-13-8-3-4-9-14(13)19(16)2;1-3-2;/h3-10H,1-2H3,(H,17,18,20);3H,1H2,2H3;1H. The van der Waals surface area contributed by atoms with Gasteiger partial charge in [0.25, 0.3) is 5.91 Å². The van der Waals surface area contributed by atoms with Crippen molar-refractivity contribution >= 4 is 22.9 Å². The van der Waals surface area contributed by atoms with Crippen LogP contribution in [0.2, 0.25) is 0 Å². The van der Waals surface area contributed by atoms with E-state index in [1.54, 1.807) is 12.1 Å². The summed E-state index contributed by atoms with van der Waals surface area (Å²) in [4.78, 5) is 16.7. The summed E-state index contributed by atoms with van der Waals surface area (Å²) >= 11 is 0. The van der Waals surface area contributed by atoms with Crippen molar-refractivity contribution in [3.63, 3.8) is 0 Å². The van der Waals surface area contributed by atoms with Crippen molar-refractivity contribution < 1.29 is 6.22 Å². The summed E-state index contributed by atoms with van der Waals surface area (Å²) in [6, 6.07) is 15.3. The fourth-order valence-corrected chi connectivity index (χ4v) is 2.22. The molecule has 0 bridgehead atoms. The molecule has 0 unspecified atom stereocenters. The van der Waals surface area contributed by atoms with Crippen molar-refractivity contribution in [1.82, 2.24) is 9.55 Å². The second kappa shape index (κ2) is 7.40. The lowest BCUT2D eigenvalue weighted by molar-refractivity contribution is 0.102. The zero-order valence-electron chi connectivity index (χ0n) is 13.7. The number of carbonyl (C=O) groups is 1. The number of hydrogen-bond donors (Lipinski definition) is 1. The Morgan fingerprint density at radius 2 is 1.96 bits per heavy atom. The van der Waals surface area contributed by atoms with Crippen LogP contribution in [-0.4, -0.2) is 15.5 Å². The Kier molecular flexibility index (Phi) is 5.31. The topological polar surface area (TPSA) is 46.9 Å². The monoisotopic (exact) mass is 309 g/mol. The largest absolute Gasteiger partial charge is 0.313 e. The summed E-state index contributed by atoms with van der Waals surface area (Å²) < 4.78 is 1.88. The Bertz CT molecular complexity index is 839. The van der Waals surface area contributed by atoms with Crippen LogP contribution in [-0.2, 0) is 7.05 Å². The third-order valence-electron chi connectivity index (χ3n) is 3.29. The maximum atomic E-state index is 12.2. The Balaban J connectivity index is 0.000000671. The van der Waals surface area contributed by atoms with Gasteiger partial charge in [-0.25, -0.2) is 4.98 Å². The Labute approximate surface area is 138 Å². The molecule has 0 spiro atoms. The van der Waals surface area contributed by atoms with Crippen LogP contribution in [0.3, 0.4) is 0 Å². The number of allylic oxidation sites excluding steroid dienone is 1. The zero-order valence-corrected chi connectivity index (χ0v) is 13.7. The highest BCUT2D eigenvalue weighted by molar-refractivity contribution is 6.04. The predicted molar refractivity (Wildman–Crippen MR) is 97.8 cm³/mol. The summed E-state index contributed by atoms with van der Waals surface area (Å²) in [5.74, 6) is 0.407. The molecule has 1 aromatic heterocycles. The van der Waals surface area contributed by atoms with Gasteiger partial charge in [-0.05, 0) is 38.1 Å². The molecule has 3 rings (SSSR count). The number of rotatable bonds is 2. The van der Waals surface area contributed by atoms with Crippen molar-refractivity contribution in [2.45, 2.75) is 13.8 Å². The van der Waals surface area contributed by atoms with Gasteiger partial charge in [-0.2, -0.15) is 0 Å². The molecule has 0 radical (unpaired) electrons. The van der Waals surface area contributed by atoms with E-state index in [1.165, 1.54) is 0 Å². The van der Waals surface area contributed by atoms with Gasteiger partial charge >= 0.3 is 0 Å². The molecule has 0 saturated carbocycles. The number of nitrogens with zero attached hydrogens (tertiary/aromatic N) is 2. The highest BCUT2D eigenvalue weighted by Gasteiger charge is 2.11. The zero-order chi connectivity index (χ0) is 16.8. The molecule has 1 heterocycles. The molecule has 0 fully saturated rings. The second-order valence-electron chi connectivity index (χ2n) is 5.21. The van der Waals surface area contributed by atoms with E-state index < -0.39 is 0 Å². The van der Waals surface area contributed by atoms with Crippen molar-refractivity contribution in [3.8, 4) is 0 Å². The molecule has 3 aromatic rings. The van der Waals surface area contributed by atoms with Gasteiger partial charge in [0.05, 0.1) is 11.0 Å². The Morgan fingerprint density at radius 1 is 1.26 bits per heavy atom. The SMILES string of the molecule is C=CC.Cc1cccc(C(=O)Nc2nc3ccccc3n2C)c1.[HH]. The maximum Gasteiger partial charge on any atom is 0.257 e. The number of carbonyl (C=O) groups excluding carboxylic acids is 1. The minimum Gasteiger partial charge on any atom is -0.313 e. The number of anilines is 1. The van der Waals surface area contributed by atoms with Gasteiger partial charge in [0.1, 0.15) is 0 Å². The first-order valence-corrected chi connectivity index (χ1v) is 7.43. The number of benzene rings is 2. The maximum absolute atomic E-state index is 12.2. The second-order valence-corrected chi connectivity index (χ2v) is 5.21. The number of nitrogens with one attached hydrogen (secondary N) is 1. The van der Waals surface area contributed by atoms with Crippen LogP contribution in [0.15, 0.2) is 61.2 Å². The number of aryl methyl sites for hydroxylation is 2. The molecule has 0 aliphatic rings. The number of hydrogen-bond acceptors (Lipinski definition) is 2. The number of fused-ring (bicyclic) bond motifs is 1. The normalized spacial score (nSPS) is 9.87. The molecule has 4 nitrogen and oxygen atoms in total. The smallest absolute Gasteiger partial charge is 0.257 e. The lowest BCUT2D eigenvalue weighted by atomic mass is 10.1. The third-order valence-corrected chi connectivity index (χ3v) is 3.29. The predicted octanol–water partition coefficient (Wildman–Crippen LogP) is 4.57. The van der Waals surface area contributed by atoms with E-state index >= 15 is 0 Å². The van der Waals surface area contributed by atoms with Gasteiger partial charge in [0.2, 0.25) is 5.95 Å². The van der Waals surface area contributed by atoms with E-state index in [4.69, 9.17) is 0 Å². The van der Waals surface area contributed by atoms with E-state index in [0.29, 0.717) is 11.5 Å². The molecule has 0 aliphatic carbocycles. The lowest BCUT2D eigenvalue weighted by Gasteiger charge is -2.05. The van der Waals surface area contributed by atoms with Crippen LogP contribution < -0.4 is 5.32 Å². The molecule has 23 heavy (non-hydrogen) atoms. The highest BCUT2D eigenvalue weighted by Crippen LogP contribution is 2.18. The Morgan fingerprint density at radius 3 is 2.61 bits per heavy atom. The van der Waals surface area contributed by atoms with Gasteiger partial charge in [-0.15, -0.1) is 6.58 Å². The molecule has 120 valence electrons. The molecule has 1 amide bonds. The van der Waals surface area contributed by atoms with Crippen LogP contribution in [0.25, 0.3) is 11.0 Å². The van der Waals surface area contributed by atoms with Gasteiger partial charge in [-0.1, -0.05) is 35.9 Å². The van der Waals surface area contributed by atoms with Crippen LogP contribution in [0.4, 0.5) is 5.95 Å². The molecule has 4 heteroatoms. The fraction of sp³-hybridized carbons (Fsp3) is 0.158. The molecule has 2 aromatic carbocycles. The van der Waals surface area contributed by atoms with E-state index in [0.717, 1.165) is 16.6 Å². The van der Waals surface area contributed by atoms with E-state index in [2.05, 4.69) is 16.9 Å². The van der Waals surface area contributed by atoms with Gasteiger partial charge in [-0.3, -0.25) is 10.1 Å².